The molecule has 25 heavy (non-hydrogen) atoms. The monoisotopic (exact) mass is 330 g/mol. The van der Waals surface area contributed by atoms with E-state index in [1.54, 1.807) is 6.07 Å². The minimum absolute atomic E-state index is 0.136. The Hall–Kier alpha value is -3.33. The molecule has 0 aliphatic rings. The van der Waals surface area contributed by atoms with Crippen LogP contribution in [0, 0.1) is 0 Å². The van der Waals surface area contributed by atoms with Crippen molar-refractivity contribution in [3.63, 3.8) is 0 Å². The van der Waals surface area contributed by atoms with Gasteiger partial charge in [-0.15, -0.1) is 0 Å². The van der Waals surface area contributed by atoms with Crippen molar-refractivity contribution < 1.29 is 14.6 Å². The van der Waals surface area contributed by atoms with E-state index in [1.165, 1.54) is 13.4 Å². The number of hydrogen-bond acceptors (Lipinski definition) is 2. The van der Waals surface area contributed by atoms with Crippen molar-refractivity contribution in [2.75, 3.05) is 7.11 Å². The molecule has 0 saturated carbocycles. The molecule has 0 amide bonds. The zero-order valence-corrected chi connectivity index (χ0v) is 13.8. The Labute approximate surface area is 146 Å². The van der Waals surface area contributed by atoms with E-state index in [0.29, 0.717) is 5.56 Å². The van der Waals surface area contributed by atoms with Crippen molar-refractivity contribution in [3.8, 4) is 0 Å². The minimum Gasteiger partial charge on any atom is -0.503 e. The molecule has 0 fully saturated rings. The zero-order valence-electron chi connectivity index (χ0n) is 13.8. The van der Waals surface area contributed by atoms with Crippen molar-refractivity contribution >= 4 is 34.5 Å². The van der Waals surface area contributed by atoms with Crippen LogP contribution in [0.25, 0.3) is 28.5 Å². The van der Waals surface area contributed by atoms with Crippen molar-refractivity contribution in [1.29, 1.82) is 0 Å². The van der Waals surface area contributed by atoms with E-state index in [0.717, 1.165) is 21.9 Å². The van der Waals surface area contributed by atoms with E-state index in [4.69, 9.17) is 4.74 Å². The molecule has 3 aromatic carbocycles. The van der Waals surface area contributed by atoms with E-state index in [1.807, 2.05) is 72.8 Å². The van der Waals surface area contributed by atoms with Crippen molar-refractivity contribution in [2.45, 2.75) is 0 Å². The fraction of sp³-hybridized carbons (Fsp3) is 0.0455. The van der Waals surface area contributed by atoms with E-state index >= 15 is 0 Å². The number of carboxylic acid groups (broad SMARTS) is 1. The van der Waals surface area contributed by atoms with Gasteiger partial charge in [0.25, 0.3) is 0 Å². The lowest BCUT2D eigenvalue weighted by atomic mass is 9.97. The van der Waals surface area contributed by atoms with Crippen LogP contribution >= 0.6 is 0 Å². The lowest BCUT2D eigenvalue weighted by molar-refractivity contribution is -0.130. The SMILES string of the molecule is COC=C(C(=O)O)c1cccc2ccc(C=Cc3ccccc3)cc12. The molecular weight excluding hydrogens is 312 g/mol. The number of methoxy groups -OCH3 is 1. The number of rotatable bonds is 5. The highest BCUT2D eigenvalue weighted by molar-refractivity contribution is 6.19. The third-order valence-electron chi connectivity index (χ3n) is 3.93. The van der Waals surface area contributed by atoms with Gasteiger partial charge in [0.05, 0.1) is 13.4 Å². The Balaban J connectivity index is 2.07. The summed E-state index contributed by atoms with van der Waals surface area (Å²) in [6.07, 6.45) is 5.32. The quantitative estimate of drug-likeness (QED) is 0.403. The van der Waals surface area contributed by atoms with Crippen LogP contribution in [0.4, 0.5) is 0 Å². The Morgan fingerprint density at radius 1 is 0.920 bits per heavy atom. The predicted molar refractivity (Wildman–Crippen MR) is 102 cm³/mol. The van der Waals surface area contributed by atoms with Gasteiger partial charge in [-0.1, -0.05) is 72.8 Å². The lowest BCUT2D eigenvalue weighted by Crippen LogP contribution is -2.01. The van der Waals surface area contributed by atoms with Crippen molar-refractivity contribution in [3.05, 3.63) is 89.7 Å². The van der Waals surface area contributed by atoms with E-state index in [9.17, 15) is 9.90 Å². The summed E-state index contributed by atoms with van der Waals surface area (Å²) in [6, 6.07) is 21.7. The highest BCUT2D eigenvalue weighted by Gasteiger charge is 2.14. The molecule has 0 aliphatic carbocycles. The molecule has 3 heteroatoms. The van der Waals surface area contributed by atoms with E-state index in [-0.39, 0.29) is 5.57 Å². The van der Waals surface area contributed by atoms with Crippen LogP contribution in [0.15, 0.2) is 73.0 Å². The fourth-order valence-corrected chi connectivity index (χ4v) is 2.73. The Bertz CT molecular complexity index is 953. The van der Waals surface area contributed by atoms with Gasteiger partial charge in [-0.3, -0.25) is 0 Å². The standard InChI is InChI=1S/C22H18O3/c1-25-15-21(22(23)24)19-9-5-8-18-13-12-17(14-20(18)19)11-10-16-6-3-2-4-7-16/h2-15H,1H3,(H,23,24). The van der Waals surface area contributed by atoms with Gasteiger partial charge in [0.2, 0.25) is 0 Å². The maximum Gasteiger partial charge on any atom is 0.339 e. The third-order valence-corrected chi connectivity index (χ3v) is 3.93. The molecule has 3 aromatic rings. The molecule has 0 aliphatic heterocycles. The zero-order chi connectivity index (χ0) is 17.6. The van der Waals surface area contributed by atoms with Gasteiger partial charge in [0.1, 0.15) is 5.57 Å². The number of hydrogen-bond donors (Lipinski definition) is 1. The summed E-state index contributed by atoms with van der Waals surface area (Å²) >= 11 is 0. The fourth-order valence-electron chi connectivity index (χ4n) is 2.73. The molecule has 3 rings (SSSR count). The van der Waals surface area contributed by atoms with E-state index < -0.39 is 5.97 Å². The topological polar surface area (TPSA) is 46.5 Å². The van der Waals surface area contributed by atoms with Crippen molar-refractivity contribution in [1.82, 2.24) is 0 Å². The first-order valence-corrected chi connectivity index (χ1v) is 7.91. The van der Waals surface area contributed by atoms with Crippen molar-refractivity contribution in [2.24, 2.45) is 0 Å². The average molecular weight is 330 g/mol. The average Bonchev–Trinajstić information content (AvgIpc) is 2.64. The lowest BCUT2D eigenvalue weighted by Gasteiger charge is -2.08. The van der Waals surface area contributed by atoms with Gasteiger partial charge >= 0.3 is 5.97 Å². The molecule has 124 valence electrons. The Kier molecular flexibility index (Phi) is 4.95. The Morgan fingerprint density at radius 3 is 2.40 bits per heavy atom. The van der Waals surface area contributed by atoms with Gasteiger partial charge in [-0.05, 0) is 33.5 Å². The van der Waals surface area contributed by atoms with Crippen LogP contribution in [0.2, 0.25) is 0 Å². The second kappa shape index (κ2) is 7.49. The summed E-state index contributed by atoms with van der Waals surface area (Å²) in [4.78, 5) is 11.6. The number of aliphatic carboxylic acids is 1. The number of fused-ring (bicyclic) bond motifs is 1. The summed E-state index contributed by atoms with van der Waals surface area (Å²) < 4.78 is 4.95. The van der Waals surface area contributed by atoms with Crippen LogP contribution < -0.4 is 0 Å². The summed E-state index contributed by atoms with van der Waals surface area (Å²) in [7, 11) is 1.45. The van der Waals surface area contributed by atoms with Crippen LogP contribution in [0.1, 0.15) is 16.7 Å². The molecule has 0 spiro atoms. The summed E-state index contributed by atoms with van der Waals surface area (Å²) in [6.45, 7) is 0. The second-order valence-corrected chi connectivity index (χ2v) is 5.60. The largest absolute Gasteiger partial charge is 0.503 e. The molecule has 0 aromatic heterocycles. The summed E-state index contributed by atoms with van der Waals surface area (Å²) in [5.41, 5.74) is 2.89. The molecule has 0 saturated heterocycles. The molecule has 0 heterocycles. The molecule has 0 atom stereocenters. The summed E-state index contributed by atoms with van der Waals surface area (Å²) in [5.74, 6) is -1.01. The number of carbonyl (C=O) groups is 1. The number of ether oxygens (including phenoxy) is 1. The van der Waals surface area contributed by atoms with Crippen LogP contribution in [0.5, 0.6) is 0 Å². The highest BCUT2D eigenvalue weighted by Crippen LogP contribution is 2.27. The number of benzene rings is 3. The molecule has 0 bridgehead atoms. The van der Waals surface area contributed by atoms with Gasteiger partial charge in [-0.2, -0.15) is 0 Å². The molecule has 3 nitrogen and oxygen atoms in total. The molecular formula is C22H18O3. The maximum atomic E-state index is 11.6. The first-order valence-electron chi connectivity index (χ1n) is 7.91. The van der Waals surface area contributed by atoms with E-state index in [2.05, 4.69) is 0 Å². The van der Waals surface area contributed by atoms with Crippen LogP contribution in [-0.2, 0) is 9.53 Å². The van der Waals surface area contributed by atoms with Gasteiger partial charge in [0, 0.05) is 0 Å². The van der Waals surface area contributed by atoms with Crippen LogP contribution in [-0.4, -0.2) is 18.2 Å². The normalized spacial score (nSPS) is 11.8. The first-order chi connectivity index (χ1) is 12.2. The van der Waals surface area contributed by atoms with Gasteiger partial charge < -0.3 is 9.84 Å². The predicted octanol–water partition coefficient (Wildman–Crippen LogP) is 5.08. The number of carboxylic acids is 1. The second-order valence-electron chi connectivity index (χ2n) is 5.60. The molecule has 1 N–H and O–H groups in total. The Morgan fingerprint density at radius 2 is 1.68 bits per heavy atom. The molecule has 0 unspecified atom stereocenters. The van der Waals surface area contributed by atoms with Gasteiger partial charge in [-0.25, -0.2) is 4.79 Å². The first kappa shape index (κ1) is 16.5. The van der Waals surface area contributed by atoms with Gasteiger partial charge in [0.15, 0.2) is 0 Å². The maximum absolute atomic E-state index is 11.6. The third kappa shape index (κ3) is 3.78. The smallest absolute Gasteiger partial charge is 0.339 e. The van der Waals surface area contributed by atoms with Crippen LogP contribution in [0.3, 0.4) is 0 Å². The minimum atomic E-state index is -1.01. The molecule has 0 radical (unpaired) electrons. The summed E-state index contributed by atoms with van der Waals surface area (Å²) in [5, 5.41) is 11.3. The highest BCUT2D eigenvalue weighted by atomic mass is 16.5.